The minimum Gasteiger partial charge on any atom is -0.494 e. The molecule has 0 atom stereocenters. The van der Waals surface area contributed by atoms with Gasteiger partial charge in [0.1, 0.15) is 17.3 Å². The average Bonchev–Trinajstić information content (AvgIpc) is 3.18. The lowest BCUT2D eigenvalue weighted by Crippen LogP contribution is -2.06. The molecule has 0 saturated carbocycles. The van der Waals surface area contributed by atoms with E-state index in [1.54, 1.807) is 7.11 Å². The third-order valence-electron chi connectivity index (χ3n) is 4.15. The Bertz CT molecular complexity index is 923. The molecule has 2 heterocycles. The van der Waals surface area contributed by atoms with Crippen molar-refractivity contribution >= 4 is 40.0 Å². The molecule has 122 valence electrons. The summed E-state index contributed by atoms with van der Waals surface area (Å²) >= 11 is 8.56. The van der Waals surface area contributed by atoms with Crippen LogP contribution in [0.15, 0.2) is 42.5 Å². The van der Waals surface area contributed by atoms with Gasteiger partial charge in [-0.05, 0) is 53.3 Å². The van der Waals surface area contributed by atoms with Crippen LogP contribution in [0, 0.1) is 3.57 Å². The van der Waals surface area contributed by atoms with E-state index in [4.69, 9.17) is 21.4 Å². The van der Waals surface area contributed by atoms with Gasteiger partial charge in [0, 0.05) is 26.3 Å². The Morgan fingerprint density at radius 3 is 2.88 bits per heavy atom. The molecule has 2 aromatic carbocycles. The Morgan fingerprint density at radius 2 is 2.08 bits per heavy atom. The third kappa shape index (κ3) is 2.56. The van der Waals surface area contributed by atoms with Crippen LogP contribution < -0.4 is 10.1 Å². The Kier molecular flexibility index (Phi) is 4.14. The molecule has 0 saturated heterocycles. The summed E-state index contributed by atoms with van der Waals surface area (Å²) in [4.78, 5) is 0. The van der Waals surface area contributed by atoms with Crippen molar-refractivity contribution in [2.24, 2.45) is 0 Å². The van der Waals surface area contributed by atoms with Crippen molar-refractivity contribution in [1.82, 2.24) is 9.78 Å². The lowest BCUT2D eigenvalue weighted by Gasteiger charge is -2.11. The maximum Gasteiger partial charge on any atom is 0.144 e. The predicted molar refractivity (Wildman–Crippen MR) is 105 cm³/mol. The highest BCUT2D eigenvalue weighted by atomic mass is 127. The molecule has 6 heteroatoms. The summed E-state index contributed by atoms with van der Waals surface area (Å²) in [7, 11) is 1.66. The molecular weight excluding hydrogens is 437 g/mol. The summed E-state index contributed by atoms with van der Waals surface area (Å²) in [5.74, 6) is 1.76. The van der Waals surface area contributed by atoms with E-state index < -0.39 is 0 Å². The topological polar surface area (TPSA) is 39.1 Å². The van der Waals surface area contributed by atoms with E-state index >= 15 is 0 Å². The molecule has 0 spiro atoms. The number of halogens is 2. The van der Waals surface area contributed by atoms with E-state index in [9.17, 15) is 0 Å². The van der Waals surface area contributed by atoms with Crippen molar-refractivity contribution in [3.8, 4) is 22.7 Å². The summed E-state index contributed by atoms with van der Waals surface area (Å²) in [6.45, 7) is 0.909. The standard InChI is InChI=1S/C18H15ClIN3O/c1-24-16-7-6-11(19)10-15(16)23-18-13(8-9-21-18)17(22-23)12-4-2-3-5-14(12)20/h2-7,10,21H,8-9H2,1H3. The first kappa shape index (κ1) is 15.8. The Labute approximate surface area is 158 Å². The number of rotatable bonds is 3. The van der Waals surface area contributed by atoms with E-state index in [1.807, 2.05) is 35.0 Å². The molecule has 1 aliphatic heterocycles. The normalized spacial score (nSPS) is 12.8. The molecular formula is C18H15ClIN3O. The van der Waals surface area contributed by atoms with Gasteiger partial charge in [-0.2, -0.15) is 5.10 Å². The van der Waals surface area contributed by atoms with Crippen molar-refractivity contribution in [2.75, 3.05) is 19.0 Å². The molecule has 0 radical (unpaired) electrons. The highest BCUT2D eigenvalue weighted by Gasteiger charge is 2.26. The van der Waals surface area contributed by atoms with Gasteiger partial charge < -0.3 is 10.1 Å². The number of anilines is 1. The Morgan fingerprint density at radius 1 is 1.25 bits per heavy atom. The van der Waals surface area contributed by atoms with E-state index in [2.05, 4.69) is 40.0 Å². The Hall–Kier alpha value is -1.73. The van der Waals surface area contributed by atoms with Crippen LogP contribution in [-0.2, 0) is 6.42 Å². The van der Waals surface area contributed by atoms with Crippen molar-refractivity contribution in [1.29, 1.82) is 0 Å². The molecule has 1 aromatic heterocycles. The van der Waals surface area contributed by atoms with Gasteiger partial charge in [0.15, 0.2) is 0 Å². The van der Waals surface area contributed by atoms with E-state index in [0.717, 1.165) is 41.5 Å². The molecule has 4 nitrogen and oxygen atoms in total. The van der Waals surface area contributed by atoms with Gasteiger partial charge >= 0.3 is 0 Å². The van der Waals surface area contributed by atoms with E-state index in [0.29, 0.717) is 5.02 Å². The van der Waals surface area contributed by atoms with E-state index in [1.165, 1.54) is 9.13 Å². The molecule has 4 rings (SSSR count). The van der Waals surface area contributed by atoms with Crippen LogP contribution in [0.2, 0.25) is 5.02 Å². The number of benzene rings is 2. The predicted octanol–water partition coefficient (Wildman–Crippen LogP) is 4.77. The first-order valence-electron chi connectivity index (χ1n) is 7.63. The van der Waals surface area contributed by atoms with Crippen molar-refractivity contribution < 1.29 is 4.74 Å². The van der Waals surface area contributed by atoms with Gasteiger partial charge in [0.05, 0.1) is 12.8 Å². The zero-order valence-corrected chi connectivity index (χ0v) is 15.9. The van der Waals surface area contributed by atoms with Gasteiger partial charge in [0.2, 0.25) is 0 Å². The summed E-state index contributed by atoms with van der Waals surface area (Å²) in [5, 5.41) is 9.00. The fourth-order valence-electron chi connectivity index (χ4n) is 3.05. The Balaban J connectivity index is 1.95. The van der Waals surface area contributed by atoms with Crippen LogP contribution in [0.3, 0.4) is 0 Å². The molecule has 1 aliphatic rings. The number of nitrogens with one attached hydrogen (secondary N) is 1. The largest absolute Gasteiger partial charge is 0.494 e. The van der Waals surface area contributed by atoms with Crippen LogP contribution in [0.1, 0.15) is 5.56 Å². The van der Waals surface area contributed by atoms with Gasteiger partial charge in [0.25, 0.3) is 0 Å². The first-order chi connectivity index (χ1) is 11.7. The van der Waals surface area contributed by atoms with Crippen LogP contribution in [0.4, 0.5) is 5.82 Å². The minimum atomic E-state index is 0.656. The molecule has 24 heavy (non-hydrogen) atoms. The second-order valence-electron chi connectivity index (χ2n) is 5.56. The number of aromatic nitrogens is 2. The van der Waals surface area contributed by atoms with E-state index in [-0.39, 0.29) is 0 Å². The van der Waals surface area contributed by atoms with Gasteiger partial charge in [-0.3, -0.25) is 0 Å². The molecule has 3 aromatic rings. The molecule has 1 N–H and O–H groups in total. The second kappa shape index (κ2) is 6.29. The van der Waals surface area contributed by atoms with Gasteiger partial charge in [-0.1, -0.05) is 29.8 Å². The number of ether oxygens (including phenoxy) is 1. The van der Waals surface area contributed by atoms with Gasteiger partial charge in [-0.15, -0.1) is 0 Å². The number of methoxy groups -OCH3 is 1. The molecule has 0 aliphatic carbocycles. The van der Waals surface area contributed by atoms with Crippen molar-refractivity contribution in [3.63, 3.8) is 0 Å². The number of fused-ring (bicyclic) bond motifs is 1. The number of hydrogen-bond donors (Lipinski definition) is 1. The van der Waals surface area contributed by atoms with Crippen molar-refractivity contribution in [2.45, 2.75) is 6.42 Å². The fraction of sp³-hybridized carbons (Fsp3) is 0.167. The minimum absolute atomic E-state index is 0.656. The van der Waals surface area contributed by atoms with Crippen LogP contribution in [0.5, 0.6) is 5.75 Å². The zero-order valence-electron chi connectivity index (χ0n) is 13.0. The molecule has 0 amide bonds. The number of hydrogen-bond acceptors (Lipinski definition) is 3. The first-order valence-corrected chi connectivity index (χ1v) is 9.09. The maximum atomic E-state index is 6.21. The molecule has 0 fully saturated rings. The quantitative estimate of drug-likeness (QED) is 0.583. The maximum absolute atomic E-state index is 6.21. The van der Waals surface area contributed by atoms with Crippen LogP contribution in [-0.4, -0.2) is 23.4 Å². The summed E-state index contributed by atoms with van der Waals surface area (Å²) < 4.78 is 8.60. The molecule has 0 unspecified atom stereocenters. The van der Waals surface area contributed by atoms with Crippen LogP contribution >= 0.6 is 34.2 Å². The summed E-state index contributed by atoms with van der Waals surface area (Å²) in [6, 6.07) is 13.9. The SMILES string of the molecule is COc1ccc(Cl)cc1-n1nc(-c2ccccc2I)c2c1NCC2. The fourth-order valence-corrected chi connectivity index (χ4v) is 3.86. The highest BCUT2D eigenvalue weighted by molar-refractivity contribution is 14.1. The van der Waals surface area contributed by atoms with Crippen molar-refractivity contribution in [3.05, 3.63) is 56.6 Å². The average molecular weight is 452 g/mol. The monoisotopic (exact) mass is 451 g/mol. The number of nitrogens with zero attached hydrogens (tertiary/aromatic N) is 2. The molecule has 0 bridgehead atoms. The lowest BCUT2D eigenvalue weighted by atomic mass is 10.1. The second-order valence-corrected chi connectivity index (χ2v) is 7.16. The summed E-state index contributed by atoms with van der Waals surface area (Å²) in [6.07, 6.45) is 0.957. The third-order valence-corrected chi connectivity index (χ3v) is 5.32. The highest BCUT2D eigenvalue weighted by Crippen LogP contribution is 2.38. The van der Waals surface area contributed by atoms with Gasteiger partial charge in [-0.25, -0.2) is 4.68 Å². The summed E-state index contributed by atoms with van der Waals surface area (Å²) in [5.41, 5.74) is 4.24. The lowest BCUT2D eigenvalue weighted by molar-refractivity contribution is 0.412. The smallest absolute Gasteiger partial charge is 0.144 e. The van der Waals surface area contributed by atoms with Crippen LogP contribution in [0.25, 0.3) is 16.9 Å². The zero-order chi connectivity index (χ0) is 16.7.